The van der Waals surface area contributed by atoms with Crippen LogP contribution >= 0.6 is 0 Å². The van der Waals surface area contributed by atoms with Crippen molar-refractivity contribution in [3.63, 3.8) is 0 Å². The van der Waals surface area contributed by atoms with E-state index in [0.29, 0.717) is 11.3 Å². The van der Waals surface area contributed by atoms with E-state index in [1.807, 2.05) is 0 Å². The van der Waals surface area contributed by atoms with Crippen LogP contribution in [-0.2, 0) is 19.1 Å². The molecule has 1 aliphatic rings. The molecule has 0 saturated carbocycles. The zero-order valence-corrected chi connectivity index (χ0v) is 16.8. The number of carbonyl (C=O) groups excluding carboxylic acids is 2. The minimum Gasteiger partial charge on any atom is -0.497 e. The number of rotatable bonds is 9. The number of benzene rings is 1. The number of methoxy groups -OCH3 is 1. The van der Waals surface area contributed by atoms with Crippen molar-refractivity contribution in [3.8, 4) is 5.75 Å². The molecule has 2 rings (SSSR count). The second-order valence-corrected chi connectivity index (χ2v) is 6.51. The molecule has 1 aromatic carbocycles. The lowest BCUT2D eigenvalue weighted by molar-refractivity contribution is -0.570. The number of ether oxygens (including phenoxy) is 3. The number of hydrogen-bond acceptors (Lipinski definition) is 7. The molecule has 0 aromatic heterocycles. The minimum atomic E-state index is -1.53. The number of nitrogens with zero attached hydrogens (tertiary/aromatic N) is 1. The van der Waals surface area contributed by atoms with Crippen LogP contribution in [0.5, 0.6) is 5.75 Å². The number of carbonyl (C=O) groups is 2. The van der Waals surface area contributed by atoms with Gasteiger partial charge in [0.15, 0.2) is 0 Å². The predicted octanol–water partition coefficient (Wildman–Crippen LogP) is 3.20. The summed E-state index contributed by atoms with van der Waals surface area (Å²) in [5.41, 5.74) is -0.721. The van der Waals surface area contributed by atoms with Crippen molar-refractivity contribution in [2.75, 3.05) is 20.3 Å². The van der Waals surface area contributed by atoms with Crippen LogP contribution in [-0.4, -0.2) is 42.7 Å². The molecule has 8 nitrogen and oxygen atoms in total. The highest BCUT2D eigenvalue weighted by molar-refractivity contribution is 5.91. The van der Waals surface area contributed by atoms with Crippen LogP contribution in [0.15, 0.2) is 48.1 Å². The van der Waals surface area contributed by atoms with Crippen LogP contribution in [0, 0.1) is 10.1 Å². The molecule has 0 saturated heterocycles. The standard InChI is InChI=1S/C21H25NO7/c1-4-28-18(23)10-7-12-21(22(25)26)13-11-17(20(24)29-5-2)19(21)15-8-6-9-16(14-15)27-3/h6-11,14,19H,4-5,12-13H2,1-3H3/b10-7-/t19-,21-/m0/s1. The predicted molar refractivity (Wildman–Crippen MR) is 105 cm³/mol. The topological polar surface area (TPSA) is 105 Å². The first-order chi connectivity index (χ1) is 13.9. The molecule has 2 atom stereocenters. The summed E-state index contributed by atoms with van der Waals surface area (Å²) in [6.07, 6.45) is 4.14. The van der Waals surface area contributed by atoms with E-state index in [1.54, 1.807) is 44.2 Å². The van der Waals surface area contributed by atoms with Crippen LogP contribution in [0.3, 0.4) is 0 Å². The van der Waals surface area contributed by atoms with E-state index in [9.17, 15) is 19.7 Å². The molecule has 8 heteroatoms. The third-order valence-electron chi connectivity index (χ3n) is 4.84. The van der Waals surface area contributed by atoms with Gasteiger partial charge >= 0.3 is 11.9 Å². The number of esters is 2. The Bertz CT molecular complexity index is 830. The molecule has 0 bridgehead atoms. The first-order valence-electron chi connectivity index (χ1n) is 9.38. The van der Waals surface area contributed by atoms with Gasteiger partial charge in [0.25, 0.3) is 0 Å². The van der Waals surface area contributed by atoms with Gasteiger partial charge in [-0.15, -0.1) is 0 Å². The average Bonchev–Trinajstić information content (AvgIpc) is 3.09. The van der Waals surface area contributed by atoms with Gasteiger partial charge in [-0.05, 0) is 31.5 Å². The first kappa shape index (κ1) is 22.1. The summed E-state index contributed by atoms with van der Waals surface area (Å²) in [5.74, 6) is -1.48. The van der Waals surface area contributed by atoms with Crippen molar-refractivity contribution >= 4 is 11.9 Å². The van der Waals surface area contributed by atoms with Gasteiger partial charge in [0.2, 0.25) is 5.54 Å². The Balaban J connectivity index is 2.48. The molecule has 0 amide bonds. The van der Waals surface area contributed by atoms with Crippen molar-refractivity contribution in [1.29, 1.82) is 0 Å². The van der Waals surface area contributed by atoms with Gasteiger partial charge in [-0.25, -0.2) is 9.59 Å². The summed E-state index contributed by atoms with van der Waals surface area (Å²) < 4.78 is 15.2. The van der Waals surface area contributed by atoms with Crippen molar-refractivity contribution in [2.24, 2.45) is 0 Å². The third-order valence-corrected chi connectivity index (χ3v) is 4.84. The maximum atomic E-state index is 12.5. The molecule has 0 unspecified atom stereocenters. The van der Waals surface area contributed by atoms with E-state index in [-0.39, 0.29) is 36.6 Å². The second kappa shape index (κ2) is 9.86. The van der Waals surface area contributed by atoms with Crippen molar-refractivity contribution < 1.29 is 28.7 Å². The van der Waals surface area contributed by atoms with Gasteiger partial charge < -0.3 is 14.2 Å². The van der Waals surface area contributed by atoms with Gasteiger partial charge in [-0.2, -0.15) is 0 Å². The fraction of sp³-hybridized carbons (Fsp3) is 0.429. The van der Waals surface area contributed by atoms with Crippen molar-refractivity contribution in [3.05, 3.63) is 63.7 Å². The number of nitro groups is 1. The summed E-state index contributed by atoms with van der Waals surface area (Å²) in [5, 5.41) is 12.2. The normalized spacial score (nSPS) is 20.9. The largest absolute Gasteiger partial charge is 0.497 e. The Hall–Kier alpha value is -3.16. The lowest BCUT2D eigenvalue weighted by Crippen LogP contribution is -2.42. The zero-order chi connectivity index (χ0) is 21.4. The van der Waals surface area contributed by atoms with Crippen LogP contribution < -0.4 is 4.74 Å². The van der Waals surface area contributed by atoms with Gasteiger partial charge in [-0.3, -0.25) is 10.1 Å². The van der Waals surface area contributed by atoms with Crippen LogP contribution in [0.25, 0.3) is 0 Å². The molecule has 156 valence electrons. The van der Waals surface area contributed by atoms with Crippen LogP contribution in [0.4, 0.5) is 0 Å². The molecular formula is C21H25NO7. The average molecular weight is 403 g/mol. The van der Waals surface area contributed by atoms with E-state index in [2.05, 4.69) is 0 Å². The second-order valence-electron chi connectivity index (χ2n) is 6.51. The molecular weight excluding hydrogens is 378 g/mol. The van der Waals surface area contributed by atoms with Crippen LogP contribution in [0.1, 0.15) is 38.2 Å². The Labute approximate surface area is 169 Å². The Morgan fingerprint density at radius 3 is 2.62 bits per heavy atom. The van der Waals surface area contributed by atoms with E-state index < -0.39 is 23.4 Å². The molecule has 29 heavy (non-hydrogen) atoms. The minimum absolute atomic E-state index is 0.0309. The number of hydrogen-bond donors (Lipinski definition) is 0. The first-order valence-corrected chi connectivity index (χ1v) is 9.38. The smallest absolute Gasteiger partial charge is 0.334 e. The molecule has 0 radical (unpaired) electrons. The Morgan fingerprint density at radius 2 is 2.00 bits per heavy atom. The van der Waals surface area contributed by atoms with E-state index in [0.717, 1.165) is 0 Å². The quantitative estimate of drug-likeness (QED) is 0.270. The highest BCUT2D eigenvalue weighted by atomic mass is 16.6. The van der Waals surface area contributed by atoms with Gasteiger partial charge in [0.1, 0.15) is 5.75 Å². The van der Waals surface area contributed by atoms with Gasteiger partial charge in [0, 0.05) is 29.4 Å². The molecule has 1 aliphatic carbocycles. The lowest BCUT2D eigenvalue weighted by Gasteiger charge is -2.28. The fourth-order valence-corrected chi connectivity index (χ4v) is 3.54. The SMILES string of the molecule is CCOC(=O)/C=C\C[C@]1([N+](=O)[O-])CC=C(C(=O)OCC)[C@@H]1c1cccc(OC)c1. The zero-order valence-electron chi connectivity index (χ0n) is 16.8. The van der Waals surface area contributed by atoms with Crippen molar-refractivity contribution in [1.82, 2.24) is 0 Å². The van der Waals surface area contributed by atoms with Crippen molar-refractivity contribution in [2.45, 2.75) is 38.1 Å². The van der Waals surface area contributed by atoms with Gasteiger partial charge in [0.05, 0.1) is 26.2 Å². The monoisotopic (exact) mass is 403 g/mol. The Morgan fingerprint density at radius 1 is 1.28 bits per heavy atom. The molecule has 0 fully saturated rings. The highest BCUT2D eigenvalue weighted by Crippen LogP contribution is 2.48. The highest BCUT2D eigenvalue weighted by Gasteiger charge is 2.56. The lowest BCUT2D eigenvalue weighted by atomic mass is 9.76. The van der Waals surface area contributed by atoms with E-state index in [4.69, 9.17) is 14.2 Å². The summed E-state index contributed by atoms with van der Waals surface area (Å²) >= 11 is 0. The third kappa shape index (κ3) is 4.82. The summed E-state index contributed by atoms with van der Waals surface area (Å²) in [6.45, 7) is 3.73. The van der Waals surface area contributed by atoms with E-state index in [1.165, 1.54) is 19.3 Å². The fourth-order valence-electron chi connectivity index (χ4n) is 3.54. The molecule has 1 aromatic rings. The summed E-state index contributed by atoms with van der Waals surface area (Å²) in [4.78, 5) is 36.0. The molecule has 0 aliphatic heterocycles. The summed E-state index contributed by atoms with van der Waals surface area (Å²) in [7, 11) is 1.50. The maximum absolute atomic E-state index is 12.5. The summed E-state index contributed by atoms with van der Waals surface area (Å²) in [6, 6.07) is 6.84. The molecule has 0 heterocycles. The maximum Gasteiger partial charge on any atom is 0.334 e. The Kier molecular flexibility index (Phi) is 7.52. The van der Waals surface area contributed by atoms with Gasteiger partial charge in [-0.1, -0.05) is 24.3 Å². The molecule has 0 N–H and O–H groups in total. The van der Waals surface area contributed by atoms with E-state index >= 15 is 0 Å². The molecule has 0 spiro atoms. The van der Waals surface area contributed by atoms with Crippen LogP contribution in [0.2, 0.25) is 0 Å².